The van der Waals surface area contributed by atoms with Crippen LogP contribution < -0.4 is 10.1 Å². The van der Waals surface area contributed by atoms with Crippen molar-refractivity contribution in [1.82, 2.24) is 5.32 Å². The van der Waals surface area contributed by atoms with Crippen molar-refractivity contribution in [3.8, 4) is 5.75 Å². The van der Waals surface area contributed by atoms with E-state index in [2.05, 4.69) is 5.32 Å². The first-order valence-electron chi connectivity index (χ1n) is 6.04. The fraction of sp³-hybridized carbons (Fsp3) is 0.462. The average Bonchev–Trinajstić information content (AvgIpc) is 2.33. The van der Waals surface area contributed by atoms with Gasteiger partial charge in [-0.2, -0.15) is 0 Å². The second kappa shape index (κ2) is 5.75. The van der Waals surface area contributed by atoms with Crippen LogP contribution in [0.15, 0.2) is 18.2 Å². The standard InChI is InChI=1S/C13H15ClFNO3/c14-10-6-9(15)2-3-11(10)19-7-12(18)16-13(8-17)4-1-5-13/h2-3,6,17H,1,4-5,7-8H2,(H,16,18). The Hall–Kier alpha value is -1.33. The van der Waals surface area contributed by atoms with Gasteiger partial charge in [0.05, 0.1) is 17.2 Å². The molecule has 1 fully saturated rings. The van der Waals surface area contributed by atoms with Crippen molar-refractivity contribution in [1.29, 1.82) is 0 Å². The maximum atomic E-state index is 12.8. The van der Waals surface area contributed by atoms with Crippen LogP contribution in [0, 0.1) is 5.82 Å². The van der Waals surface area contributed by atoms with Gasteiger partial charge in [-0.05, 0) is 37.5 Å². The molecule has 0 saturated heterocycles. The third kappa shape index (κ3) is 3.36. The lowest BCUT2D eigenvalue weighted by Crippen LogP contribution is -2.57. The van der Waals surface area contributed by atoms with Crippen LogP contribution in [0.3, 0.4) is 0 Å². The van der Waals surface area contributed by atoms with E-state index >= 15 is 0 Å². The number of hydrogen-bond acceptors (Lipinski definition) is 3. The van der Waals surface area contributed by atoms with Crippen molar-refractivity contribution >= 4 is 17.5 Å². The van der Waals surface area contributed by atoms with Crippen LogP contribution in [-0.2, 0) is 4.79 Å². The first kappa shape index (κ1) is 14.1. The zero-order valence-corrected chi connectivity index (χ0v) is 11.0. The predicted octanol–water partition coefficient (Wildman–Crippen LogP) is 1.89. The number of hydrogen-bond donors (Lipinski definition) is 2. The van der Waals surface area contributed by atoms with Gasteiger partial charge >= 0.3 is 0 Å². The zero-order chi connectivity index (χ0) is 13.9. The van der Waals surface area contributed by atoms with Crippen LogP contribution in [0.4, 0.5) is 4.39 Å². The van der Waals surface area contributed by atoms with E-state index in [4.69, 9.17) is 16.3 Å². The highest BCUT2D eigenvalue weighted by Gasteiger charge is 2.37. The largest absolute Gasteiger partial charge is 0.482 e. The fourth-order valence-corrected chi connectivity index (χ4v) is 2.22. The van der Waals surface area contributed by atoms with Crippen molar-refractivity contribution < 1.29 is 19.0 Å². The number of aliphatic hydroxyl groups excluding tert-OH is 1. The third-order valence-electron chi connectivity index (χ3n) is 3.27. The molecule has 0 spiro atoms. The number of halogens is 2. The van der Waals surface area contributed by atoms with Crippen LogP contribution in [0.5, 0.6) is 5.75 Å². The van der Waals surface area contributed by atoms with Gasteiger partial charge in [0.2, 0.25) is 0 Å². The highest BCUT2D eigenvalue weighted by atomic mass is 35.5. The van der Waals surface area contributed by atoms with Crippen LogP contribution in [0.25, 0.3) is 0 Å². The molecular formula is C13H15ClFNO3. The molecule has 1 aliphatic rings. The van der Waals surface area contributed by atoms with Gasteiger partial charge in [0.15, 0.2) is 6.61 Å². The Labute approximate surface area is 115 Å². The van der Waals surface area contributed by atoms with Crippen molar-refractivity contribution in [2.45, 2.75) is 24.8 Å². The Morgan fingerprint density at radius 3 is 2.79 bits per heavy atom. The molecule has 2 N–H and O–H groups in total. The molecule has 1 aromatic rings. The molecule has 1 amide bonds. The minimum Gasteiger partial charge on any atom is -0.482 e. The summed E-state index contributed by atoms with van der Waals surface area (Å²) < 4.78 is 18.0. The second-order valence-corrected chi connectivity index (χ2v) is 5.11. The summed E-state index contributed by atoms with van der Waals surface area (Å²) in [7, 11) is 0. The van der Waals surface area contributed by atoms with Gasteiger partial charge in [-0.1, -0.05) is 11.6 Å². The molecule has 2 rings (SSSR count). The molecule has 104 valence electrons. The first-order chi connectivity index (χ1) is 9.04. The van der Waals surface area contributed by atoms with E-state index in [0.29, 0.717) is 0 Å². The summed E-state index contributed by atoms with van der Waals surface area (Å²) in [6.45, 7) is -0.289. The smallest absolute Gasteiger partial charge is 0.258 e. The van der Waals surface area contributed by atoms with Crippen LogP contribution in [0.2, 0.25) is 5.02 Å². The highest BCUT2D eigenvalue weighted by Crippen LogP contribution is 2.31. The van der Waals surface area contributed by atoms with E-state index in [1.807, 2.05) is 0 Å². The number of nitrogens with one attached hydrogen (secondary N) is 1. The van der Waals surface area contributed by atoms with Crippen molar-refractivity contribution in [3.63, 3.8) is 0 Å². The summed E-state index contributed by atoms with van der Waals surface area (Å²) in [5.41, 5.74) is -0.493. The molecule has 0 aliphatic heterocycles. The molecule has 6 heteroatoms. The number of aliphatic hydroxyl groups is 1. The van der Waals surface area contributed by atoms with Gasteiger partial charge in [0.25, 0.3) is 5.91 Å². The highest BCUT2D eigenvalue weighted by molar-refractivity contribution is 6.32. The summed E-state index contributed by atoms with van der Waals surface area (Å²) in [5.74, 6) is -0.533. The fourth-order valence-electron chi connectivity index (χ4n) is 1.99. The maximum absolute atomic E-state index is 12.8. The number of ether oxygens (including phenoxy) is 1. The lowest BCUT2D eigenvalue weighted by atomic mass is 9.77. The monoisotopic (exact) mass is 287 g/mol. The number of rotatable bonds is 5. The lowest BCUT2D eigenvalue weighted by Gasteiger charge is -2.40. The summed E-state index contributed by atoms with van der Waals surface area (Å²) in [5, 5.41) is 12.1. The SMILES string of the molecule is O=C(COc1ccc(F)cc1Cl)NC1(CO)CCC1. The van der Waals surface area contributed by atoms with E-state index in [-0.39, 0.29) is 29.9 Å². The van der Waals surface area contributed by atoms with Gasteiger partial charge in [0.1, 0.15) is 11.6 Å². The van der Waals surface area contributed by atoms with Gasteiger partial charge < -0.3 is 15.2 Å². The van der Waals surface area contributed by atoms with Gasteiger partial charge in [-0.15, -0.1) is 0 Å². The first-order valence-corrected chi connectivity index (χ1v) is 6.42. The number of benzene rings is 1. The van der Waals surface area contributed by atoms with Gasteiger partial charge in [-0.25, -0.2) is 4.39 Å². The van der Waals surface area contributed by atoms with E-state index in [1.54, 1.807) is 0 Å². The van der Waals surface area contributed by atoms with Crippen LogP contribution in [0.1, 0.15) is 19.3 Å². The average molecular weight is 288 g/mol. The van der Waals surface area contributed by atoms with Gasteiger partial charge in [-0.3, -0.25) is 4.79 Å². The Morgan fingerprint density at radius 2 is 2.26 bits per heavy atom. The molecule has 0 unspecified atom stereocenters. The molecule has 1 aliphatic carbocycles. The summed E-state index contributed by atoms with van der Waals surface area (Å²) in [6.07, 6.45) is 2.53. The van der Waals surface area contributed by atoms with Crippen molar-refractivity contribution in [2.75, 3.05) is 13.2 Å². The number of carbonyl (C=O) groups excluding carboxylic acids is 1. The molecule has 0 atom stereocenters. The Balaban J connectivity index is 1.86. The normalized spacial score (nSPS) is 16.6. The number of carbonyl (C=O) groups is 1. The maximum Gasteiger partial charge on any atom is 0.258 e. The Kier molecular flexibility index (Phi) is 4.27. The molecule has 0 aromatic heterocycles. The van der Waals surface area contributed by atoms with Crippen molar-refractivity contribution in [2.24, 2.45) is 0 Å². The third-order valence-corrected chi connectivity index (χ3v) is 3.57. The van der Waals surface area contributed by atoms with E-state index < -0.39 is 11.4 Å². The molecule has 19 heavy (non-hydrogen) atoms. The van der Waals surface area contributed by atoms with Crippen LogP contribution >= 0.6 is 11.6 Å². The topological polar surface area (TPSA) is 58.6 Å². The summed E-state index contributed by atoms with van der Waals surface area (Å²) in [6, 6.07) is 3.70. The molecule has 1 saturated carbocycles. The molecule has 0 bridgehead atoms. The zero-order valence-electron chi connectivity index (χ0n) is 10.3. The summed E-state index contributed by atoms with van der Waals surface area (Å²) in [4.78, 5) is 11.7. The Bertz CT molecular complexity index is 471. The Morgan fingerprint density at radius 1 is 1.53 bits per heavy atom. The van der Waals surface area contributed by atoms with E-state index in [1.165, 1.54) is 12.1 Å². The molecule has 4 nitrogen and oxygen atoms in total. The summed E-state index contributed by atoms with van der Waals surface area (Å²) >= 11 is 5.78. The molecule has 0 heterocycles. The number of amides is 1. The quantitative estimate of drug-likeness (QED) is 0.869. The van der Waals surface area contributed by atoms with Gasteiger partial charge in [0, 0.05) is 0 Å². The molecule has 1 aromatic carbocycles. The second-order valence-electron chi connectivity index (χ2n) is 4.70. The predicted molar refractivity (Wildman–Crippen MR) is 68.7 cm³/mol. The minimum absolute atomic E-state index is 0.0734. The van der Waals surface area contributed by atoms with E-state index in [9.17, 15) is 14.3 Å². The van der Waals surface area contributed by atoms with Crippen LogP contribution in [-0.4, -0.2) is 29.8 Å². The molecular weight excluding hydrogens is 273 g/mol. The van der Waals surface area contributed by atoms with E-state index in [0.717, 1.165) is 25.3 Å². The molecule has 0 radical (unpaired) electrons. The minimum atomic E-state index is -0.493. The lowest BCUT2D eigenvalue weighted by molar-refractivity contribution is -0.127. The van der Waals surface area contributed by atoms with Crippen molar-refractivity contribution in [3.05, 3.63) is 29.0 Å².